The van der Waals surface area contributed by atoms with E-state index in [2.05, 4.69) is 0 Å². The molecular formula is C19H29O8P. The quantitative estimate of drug-likeness (QED) is 0.514. The summed E-state index contributed by atoms with van der Waals surface area (Å²) in [7, 11) is -5.04. The van der Waals surface area contributed by atoms with Crippen LogP contribution in [0.25, 0.3) is 0 Å². The first-order valence-electron chi connectivity index (χ1n) is 8.73. The Hall–Kier alpha value is -1.73. The van der Waals surface area contributed by atoms with Crippen molar-refractivity contribution in [3.8, 4) is 0 Å². The second-order valence-electron chi connectivity index (χ2n) is 8.59. The van der Waals surface area contributed by atoms with Gasteiger partial charge in [-0.1, -0.05) is 30.3 Å². The van der Waals surface area contributed by atoms with Crippen molar-refractivity contribution in [2.75, 3.05) is 13.2 Å². The lowest BCUT2D eigenvalue weighted by Gasteiger charge is -2.34. The molecule has 1 rings (SSSR count). The normalized spacial score (nSPS) is 13.1. The molecule has 0 bridgehead atoms. The van der Waals surface area contributed by atoms with E-state index in [9.17, 15) is 23.9 Å². The van der Waals surface area contributed by atoms with Gasteiger partial charge in [-0.15, -0.1) is 0 Å². The van der Waals surface area contributed by atoms with Gasteiger partial charge in [0.1, 0.15) is 13.2 Å². The highest BCUT2D eigenvalue weighted by Crippen LogP contribution is 2.46. The van der Waals surface area contributed by atoms with Crippen molar-refractivity contribution in [2.45, 2.75) is 47.1 Å². The van der Waals surface area contributed by atoms with Gasteiger partial charge in [0.15, 0.2) is 5.60 Å². The summed E-state index contributed by atoms with van der Waals surface area (Å²) in [5.74, 6) is -1.19. The van der Waals surface area contributed by atoms with E-state index in [1.54, 1.807) is 71.9 Å². The van der Waals surface area contributed by atoms with Crippen LogP contribution in [0.1, 0.15) is 47.1 Å². The topological polar surface area (TPSA) is 119 Å². The fraction of sp³-hybridized carbons (Fsp3) is 0.579. The van der Waals surface area contributed by atoms with Crippen LogP contribution < -0.4 is 0 Å². The van der Waals surface area contributed by atoms with Crippen molar-refractivity contribution in [3.63, 3.8) is 0 Å². The molecule has 9 heteroatoms. The molecule has 0 aliphatic carbocycles. The van der Waals surface area contributed by atoms with Crippen LogP contribution >= 0.6 is 7.82 Å². The molecule has 8 nitrogen and oxygen atoms in total. The van der Waals surface area contributed by atoms with Crippen LogP contribution in [-0.2, 0) is 33.8 Å². The molecule has 0 unspecified atom stereocenters. The van der Waals surface area contributed by atoms with Crippen LogP contribution in [0.5, 0.6) is 0 Å². The number of hydrogen-bond donors (Lipinski definition) is 2. The Morgan fingerprint density at radius 3 is 1.57 bits per heavy atom. The van der Waals surface area contributed by atoms with Gasteiger partial charge in [-0.05, 0) is 47.1 Å². The molecule has 0 aliphatic heterocycles. The molecule has 0 amide bonds. The summed E-state index contributed by atoms with van der Waals surface area (Å²) in [5, 5.41) is 0. The number of hydrogen-bond acceptors (Lipinski definition) is 6. The predicted molar refractivity (Wildman–Crippen MR) is 102 cm³/mol. The van der Waals surface area contributed by atoms with Gasteiger partial charge in [-0.25, -0.2) is 4.57 Å². The van der Waals surface area contributed by atoms with Crippen LogP contribution in [0.4, 0.5) is 0 Å². The summed E-state index contributed by atoms with van der Waals surface area (Å²) in [4.78, 5) is 43.4. The van der Waals surface area contributed by atoms with Crippen molar-refractivity contribution < 1.29 is 37.9 Å². The summed E-state index contributed by atoms with van der Waals surface area (Å²) < 4.78 is 27.3. The summed E-state index contributed by atoms with van der Waals surface area (Å²) in [5.41, 5.74) is -3.26. The molecule has 0 spiro atoms. The molecule has 0 aliphatic rings. The summed E-state index contributed by atoms with van der Waals surface area (Å²) >= 11 is 0. The highest BCUT2D eigenvalue weighted by atomic mass is 31.2. The largest absolute Gasteiger partial charge is 0.470 e. The van der Waals surface area contributed by atoms with Crippen molar-refractivity contribution in [3.05, 3.63) is 35.9 Å². The molecule has 0 aromatic heterocycles. The third-order valence-corrected chi connectivity index (χ3v) is 4.28. The Balaban J connectivity index is 3.31. The minimum absolute atomic E-state index is 0.293. The monoisotopic (exact) mass is 416 g/mol. The number of phosphoric ester groups is 1. The maximum absolute atomic E-state index is 12.2. The first-order valence-corrected chi connectivity index (χ1v) is 10.3. The zero-order chi connectivity index (χ0) is 21.8. The Morgan fingerprint density at radius 1 is 0.857 bits per heavy atom. The number of rotatable bonds is 7. The van der Waals surface area contributed by atoms with Gasteiger partial charge in [0.2, 0.25) is 0 Å². The summed E-state index contributed by atoms with van der Waals surface area (Å²) in [6, 6.07) is 8.06. The van der Waals surface area contributed by atoms with Crippen LogP contribution in [-0.4, -0.2) is 34.9 Å². The number of benzene rings is 1. The van der Waals surface area contributed by atoms with Gasteiger partial charge < -0.3 is 19.3 Å². The zero-order valence-corrected chi connectivity index (χ0v) is 18.0. The molecule has 0 fully saturated rings. The lowest BCUT2D eigenvalue weighted by molar-refractivity contribution is -0.172. The number of carbonyl (C=O) groups excluding carboxylic acids is 2. The fourth-order valence-corrected chi connectivity index (χ4v) is 2.75. The molecule has 158 valence electrons. The standard InChI is InChI=1S/C19H29O8P/c1-17(2,3)15(20)25-12-19(27-28(22,23)24,14-10-8-7-9-11-14)13-26-16(21)18(4,5)6/h7-11H,12-13H2,1-6H3,(H2,22,23,24). The minimum atomic E-state index is -5.04. The van der Waals surface area contributed by atoms with Gasteiger partial charge in [-0.2, -0.15) is 0 Å². The number of ether oxygens (including phenoxy) is 2. The molecule has 0 saturated heterocycles. The van der Waals surface area contributed by atoms with Gasteiger partial charge in [0.25, 0.3) is 0 Å². The van der Waals surface area contributed by atoms with Crippen molar-refractivity contribution >= 4 is 19.8 Å². The Morgan fingerprint density at radius 2 is 1.25 bits per heavy atom. The highest BCUT2D eigenvalue weighted by Gasteiger charge is 2.44. The third-order valence-electron chi connectivity index (χ3n) is 3.69. The molecule has 2 N–H and O–H groups in total. The average Bonchev–Trinajstić information content (AvgIpc) is 2.54. The number of carbonyl (C=O) groups is 2. The van der Waals surface area contributed by atoms with E-state index < -0.39 is 49.4 Å². The number of esters is 2. The molecule has 0 saturated carbocycles. The van der Waals surface area contributed by atoms with Gasteiger partial charge in [-0.3, -0.25) is 14.1 Å². The second-order valence-corrected chi connectivity index (χ2v) is 9.76. The summed E-state index contributed by atoms with van der Waals surface area (Å²) in [6.07, 6.45) is 0. The molecule has 1 aromatic rings. The predicted octanol–water partition coefficient (Wildman–Crippen LogP) is 3.17. The van der Waals surface area contributed by atoms with Crippen molar-refractivity contribution in [2.24, 2.45) is 10.8 Å². The fourth-order valence-electron chi connectivity index (χ4n) is 2.08. The summed E-state index contributed by atoms with van der Waals surface area (Å²) in [6.45, 7) is 8.76. The Labute approximate surface area is 165 Å². The third kappa shape index (κ3) is 7.36. The lowest BCUT2D eigenvalue weighted by Crippen LogP contribution is -2.42. The van der Waals surface area contributed by atoms with E-state index in [-0.39, 0.29) is 0 Å². The average molecular weight is 416 g/mol. The van der Waals surface area contributed by atoms with E-state index in [1.807, 2.05) is 0 Å². The minimum Gasteiger partial charge on any atom is -0.462 e. The van der Waals surface area contributed by atoms with Crippen LogP contribution in [0.2, 0.25) is 0 Å². The van der Waals surface area contributed by atoms with E-state index in [0.29, 0.717) is 5.56 Å². The van der Waals surface area contributed by atoms with E-state index in [0.717, 1.165) is 0 Å². The molecule has 0 radical (unpaired) electrons. The van der Waals surface area contributed by atoms with Gasteiger partial charge >= 0.3 is 19.8 Å². The molecular weight excluding hydrogens is 387 g/mol. The van der Waals surface area contributed by atoms with E-state index >= 15 is 0 Å². The van der Waals surface area contributed by atoms with Gasteiger partial charge in [0, 0.05) is 0 Å². The Bertz CT molecular complexity index is 695. The SMILES string of the molecule is CC(C)(C)C(=O)OCC(COC(=O)C(C)(C)C)(OP(=O)(O)O)c1ccccc1. The highest BCUT2D eigenvalue weighted by molar-refractivity contribution is 7.46. The molecule has 28 heavy (non-hydrogen) atoms. The smallest absolute Gasteiger partial charge is 0.462 e. The van der Waals surface area contributed by atoms with Crippen molar-refractivity contribution in [1.82, 2.24) is 0 Å². The van der Waals surface area contributed by atoms with Crippen LogP contribution in [0.3, 0.4) is 0 Å². The van der Waals surface area contributed by atoms with Gasteiger partial charge in [0.05, 0.1) is 10.8 Å². The maximum Gasteiger partial charge on any atom is 0.470 e. The number of phosphoric acid groups is 1. The van der Waals surface area contributed by atoms with Crippen LogP contribution in [0.15, 0.2) is 30.3 Å². The first kappa shape index (κ1) is 24.3. The molecule has 1 aromatic carbocycles. The second kappa shape index (κ2) is 8.74. The maximum atomic E-state index is 12.2. The first-order chi connectivity index (χ1) is 12.6. The zero-order valence-electron chi connectivity index (χ0n) is 17.1. The van der Waals surface area contributed by atoms with Crippen LogP contribution in [0, 0.1) is 10.8 Å². The lowest BCUT2D eigenvalue weighted by atomic mass is 9.94. The molecule has 0 atom stereocenters. The van der Waals surface area contributed by atoms with E-state index in [4.69, 9.17) is 14.0 Å². The Kier molecular flexibility index (Phi) is 7.59. The van der Waals surface area contributed by atoms with Crippen molar-refractivity contribution in [1.29, 1.82) is 0 Å². The van der Waals surface area contributed by atoms with E-state index in [1.165, 1.54) is 0 Å². The molecule has 0 heterocycles.